The van der Waals surface area contributed by atoms with E-state index in [9.17, 15) is 0 Å². The summed E-state index contributed by atoms with van der Waals surface area (Å²) in [7, 11) is 1.64. The lowest BCUT2D eigenvalue weighted by molar-refractivity contribution is 0.198. The molecule has 4 aromatic rings. The summed E-state index contributed by atoms with van der Waals surface area (Å²) in [6, 6.07) is 16.6. The summed E-state index contributed by atoms with van der Waals surface area (Å²) in [5, 5.41) is 4.96. The summed E-state index contributed by atoms with van der Waals surface area (Å²) in [6.07, 6.45) is 13.1. The molecule has 174 valence electrons. The fourth-order valence-corrected chi connectivity index (χ4v) is 4.55. The SMILES string of the molecule is COc1ncc(C(Cc2ccncc2)n2ccc(-c3ccc(C)cc3)n2)cc1OC1CCCC1. The molecule has 0 saturated heterocycles. The van der Waals surface area contributed by atoms with E-state index in [2.05, 4.69) is 53.3 Å². The first-order valence-electron chi connectivity index (χ1n) is 11.9. The quantitative estimate of drug-likeness (QED) is 0.336. The molecule has 1 aliphatic rings. The highest BCUT2D eigenvalue weighted by Gasteiger charge is 2.23. The van der Waals surface area contributed by atoms with Gasteiger partial charge in [0, 0.05) is 30.4 Å². The number of aromatic nitrogens is 4. The van der Waals surface area contributed by atoms with Crippen LogP contribution in [0.5, 0.6) is 11.6 Å². The lowest BCUT2D eigenvalue weighted by Gasteiger charge is -2.21. The van der Waals surface area contributed by atoms with Crippen molar-refractivity contribution in [2.45, 2.75) is 51.2 Å². The van der Waals surface area contributed by atoms with Gasteiger partial charge in [-0.2, -0.15) is 5.10 Å². The first-order chi connectivity index (χ1) is 16.7. The number of rotatable bonds is 8. The Balaban J connectivity index is 1.51. The number of aryl methyl sites for hydroxylation is 1. The van der Waals surface area contributed by atoms with Crippen molar-refractivity contribution >= 4 is 0 Å². The third kappa shape index (κ3) is 4.96. The first-order valence-corrected chi connectivity index (χ1v) is 11.9. The van der Waals surface area contributed by atoms with Crippen LogP contribution in [0.1, 0.15) is 48.4 Å². The molecule has 1 unspecified atom stereocenters. The largest absolute Gasteiger partial charge is 0.485 e. The molecule has 1 fully saturated rings. The number of ether oxygens (including phenoxy) is 2. The molecule has 0 radical (unpaired) electrons. The molecule has 1 aliphatic carbocycles. The molecule has 3 aromatic heterocycles. The van der Waals surface area contributed by atoms with Crippen LogP contribution in [0.25, 0.3) is 11.3 Å². The molecular formula is C28H30N4O2. The fourth-order valence-electron chi connectivity index (χ4n) is 4.55. The van der Waals surface area contributed by atoms with Crippen molar-refractivity contribution in [1.29, 1.82) is 0 Å². The van der Waals surface area contributed by atoms with E-state index in [1.807, 2.05) is 41.6 Å². The van der Waals surface area contributed by atoms with Crippen molar-refractivity contribution in [3.63, 3.8) is 0 Å². The van der Waals surface area contributed by atoms with Crippen molar-refractivity contribution in [2.24, 2.45) is 0 Å². The van der Waals surface area contributed by atoms with Gasteiger partial charge in [-0.1, -0.05) is 29.8 Å². The Morgan fingerprint density at radius 3 is 2.53 bits per heavy atom. The van der Waals surface area contributed by atoms with Crippen molar-refractivity contribution in [2.75, 3.05) is 7.11 Å². The van der Waals surface area contributed by atoms with Gasteiger partial charge in [0.2, 0.25) is 0 Å². The average molecular weight is 455 g/mol. The van der Waals surface area contributed by atoms with Gasteiger partial charge in [-0.25, -0.2) is 4.98 Å². The molecule has 1 saturated carbocycles. The van der Waals surface area contributed by atoms with Crippen molar-refractivity contribution < 1.29 is 9.47 Å². The van der Waals surface area contributed by atoms with Gasteiger partial charge in [-0.15, -0.1) is 0 Å². The number of methoxy groups -OCH3 is 1. The minimum Gasteiger partial charge on any atom is -0.485 e. The minimum atomic E-state index is -0.0501. The van der Waals surface area contributed by atoms with Crippen LogP contribution in [0.2, 0.25) is 0 Å². The third-order valence-electron chi connectivity index (χ3n) is 6.47. The summed E-state index contributed by atoms with van der Waals surface area (Å²) >= 11 is 0. The Kier molecular flexibility index (Phi) is 6.56. The van der Waals surface area contributed by atoms with Gasteiger partial charge in [-0.05, 0) is 74.4 Å². The summed E-state index contributed by atoms with van der Waals surface area (Å²) in [5.41, 5.74) is 5.50. The molecule has 1 atom stereocenters. The second kappa shape index (κ2) is 10.1. The predicted molar refractivity (Wildman–Crippen MR) is 132 cm³/mol. The Morgan fingerprint density at radius 1 is 1.03 bits per heavy atom. The van der Waals surface area contributed by atoms with Crippen molar-refractivity contribution in [3.05, 3.63) is 90.0 Å². The summed E-state index contributed by atoms with van der Waals surface area (Å²) < 4.78 is 13.9. The molecule has 6 heteroatoms. The van der Waals surface area contributed by atoms with E-state index in [0.29, 0.717) is 11.6 Å². The number of benzene rings is 1. The monoisotopic (exact) mass is 454 g/mol. The van der Waals surface area contributed by atoms with Crippen LogP contribution < -0.4 is 9.47 Å². The predicted octanol–water partition coefficient (Wildman–Crippen LogP) is 5.81. The van der Waals surface area contributed by atoms with Crippen LogP contribution in [0.15, 0.2) is 73.3 Å². The number of pyridine rings is 2. The standard InChI is InChI=1S/C28H30N4O2/c1-20-7-9-22(10-8-20)25-13-16-32(31-25)26(17-21-11-14-29-15-12-21)23-18-27(28(33-2)30-19-23)34-24-5-3-4-6-24/h7-16,18-19,24,26H,3-6,17H2,1-2H3. The molecule has 0 aliphatic heterocycles. The second-order valence-electron chi connectivity index (χ2n) is 8.92. The van der Waals surface area contributed by atoms with Gasteiger partial charge in [-0.3, -0.25) is 9.67 Å². The Labute approximate surface area is 200 Å². The Bertz CT molecular complexity index is 1210. The summed E-state index contributed by atoms with van der Waals surface area (Å²) in [5.74, 6) is 1.23. The van der Waals surface area contributed by atoms with Crippen LogP contribution in [0, 0.1) is 6.92 Å². The van der Waals surface area contributed by atoms with Crippen LogP contribution in [-0.4, -0.2) is 33.0 Å². The van der Waals surface area contributed by atoms with Gasteiger partial charge in [0.1, 0.15) is 0 Å². The molecule has 6 nitrogen and oxygen atoms in total. The van der Waals surface area contributed by atoms with Gasteiger partial charge < -0.3 is 9.47 Å². The number of nitrogens with zero attached hydrogens (tertiary/aromatic N) is 4. The van der Waals surface area contributed by atoms with E-state index in [4.69, 9.17) is 14.6 Å². The normalized spacial score (nSPS) is 14.8. The number of hydrogen-bond acceptors (Lipinski definition) is 5. The Hall–Kier alpha value is -3.67. The first kappa shape index (κ1) is 22.1. The van der Waals surface area contributed by atoms with Gasteiger partial charge in [0.05, 0.1) is 24.9 Å². The van der Waals surface area contributed by atoms with Crippen LogP contribution in [0.4, 0.5) is 0 Å². The maximum Gasteiger partial charge on any atom is 0.256 e. The molecule has 0 spiro atoms. The van der Waals surface area contributed by atoms with Crippen LogP contribution >= 0.6 is 0 Å². The second-order valence-corrected chi connectivity index (χ2v) is 8.92. The van der Waals surface area contributed by atoms with Gasteiger partial charge in [0.25, 0.3) is 5.88 Å². The molecule has 3 heterocycles. The molecule has 5 rings (SSSR count). The van der Waals surface area contributed by atoms with E-state index >= 15 is 0 Å². The van der Waals surface area contributed by atoms with Crippen LogP contribution in [0.3, 0.4) is 0 Å². The van der Waals surface area contributed by atoms with Crippen molar-refractivity contribution in [1.82, 2.24) is 19.7 Å². The lowest BCUT2D eigenvalue weighted by atomic mass is 10.0. The topological polar surface area (TPSA) is 62.1 Å². The zero-order valence-electron chi connectivity index (χ0n) is 19.7. The van der Waals surface area contributed by atoms with E-state index < -0.39 is 0 Å². The molecule has 34 heavy (non-hydrogen) atoms. The van der Waals surface area contributed by atoms with E-state index in [1.54, 1.807) is 7.11 Å². The molecule has 0 N–H and O–H groups in total. The maximum atomic E-state index is 6.33. The molecule has 1 aromatic carbocycles. The molecule has 0 amide bonds. The smallest absolute Gasteiger partial charge is 0.256 e. The third-order valence-corrected chi connectivity index (χ3v) is 6.47. The molecular weight excluding hydrogens is 424 g/mol. The summed E-state index contributed by atoms with van der Waals surface area (Å²) in [6.45, 7) is 2.09. The van der Waals surface area contributed by atoms with E-state index in [-0.39, 0.29) is 12.1 Å². The van der Waals surface area contributed by atoms with Gasteiger partial charge >= 0.3 is 0 Å². The highest BCUT2D eigenvalue weighted by molar-refractivity contribution is 5.58. The van der Waals surface area contributed by atoms with E-state index in [0.717, 1.165) is 36.1 Å². The molecule has 0 bridgehead atoms. The number of hydrogen-bond donors (Lipinski definition) is 0. The average Bonchev–Trinajstić information content (AvgIpc) is 3.56. The highest BCUT2D eigenvalue weighted by atomic mass is 16.5. The highest BCUT2D eigenvalue weighted by Crippen LogP contribution is 2.34. The zero-order chi connectivity index (χ0) is 23.3. The lowest BCUT2D eigenvalue weighted by Crippen LogP contribution is -2.16. The summed E-state index contributed by atoms with van der Waals surface area (Å²) in [4.78, 5) is 8.77. The fraction of sp³-hybridized carbons (Fsp3) is 0.321. The minimum absolute atomic E-state index is 0.0501. The van der Waals surface area contributed by atoms with Gasteiger partial charge in [0.15, 0.2) is 5.75 Å². The maximum absolute atomic E-state index is 6.33. The van der Waals surface area contributed by atoms with Crippen molar-refractivity contribution in [3.8, 4) is 22.9 Å². The van der Waals surface area contributed by atoms with Crippen LogP contribution in [-0.2, 0) is 6.42 Å². The Morgan fingerprint density at radius 2 is 1.79 bits per heavy atom. The zero-order valence-corrected chi connectivity index (χ0v) is 19.7. The van der Waals surface area contributed by atoms with E-state index in [1.165, 1.54) is 24.0 Å².